The van der Waals surface area contributed by atoms with E-state index in [1.165, 1.54) is 5.56 Å². The molecule has 0 aliphatic heterocycles. The van der Waals surface area contributed by atoms with Gasteiger partial charge in [0.05, 0.1) is 5.69 Å². The maximum atomic E-state index is 4.57. The SMILES string of the molecule is CN=C(NCC(C)(C)SC)N(C)Cc1cn(C)nc1C(C)C. The fraction of sp³-hybridized carbons (Fsp3) is 0.750. The number of hydrogen-bond donors (Lipinski definition) is 1. The Kier molecular flexibility index (Phi) is 6.78. The van der Waals surface area contributed by atoms with Gasteiger partial charge in [0.25, 0.3) is 0 Å². The number of aromatic nitrogens is 2. The van der Waals surface area contributed by atoms with Crippen molar-refractivity contribution in [3.63, 3.8) is 0 Å². The van der Waals surface area contributed by atoms with Crippen LogP contribution in [0.1, 0.15) is 44.9 Å². The topological polar surface area (TPSA) is 45.5 Å². The van der Waals surface area contributed by atoms with E-state index in [4.69, 9.17) is 0 Å². The zero-order chi connectivity index (χ0) is 16.9. The molecule has 6 heteroatoms. The van der Waals surface area contributed by atoms with Gasteiger partial charge in [-0.25, -0.2) is 0 Å². The molecule has 0 amide bonds. The van der Waals surface area contributed by atoms with Crippen LogP contribution in [-0.2, 0) is 13.6 Å². The number of hydrogen-bond acceptors (Lipinski definition) is 3. The van der Waals surface area contributed by atoms with E-state index < -0.39 is 0 Å². The average molecular weight is 326 g/mol. The Labute approximate surface area is 139 Å². The average Bonchev–Trinajstić information content (AvgIpc) is 2.80. The lowest BCUT2D eigenvalue weighted by Crippen LogP contribution is -2.43. The summed E-state index contributed by atoms with van der Waals surface area (Å²) in [4.78, 5) is 6.55. The summed E-state index contributed by atoms with van der Waals surface area (Å²) in [6.45, 7) is 10.5. The minimum absolute atomic E-state index is 0.189. The smallest absolute Gasteiger partial charge is 0.193 e. The van der Waals surface area contributed by atoms with Crippen molar-refractivity contribution in [3.05, 3.63) is 17.5 Å². The lowest BCUT2D eigenvalue weighted by molar-refractivity contribution is 0.468. The third-order valence-electron chi connectivity index (χ3n) is 3.69. The molecule has 1 aromatic heterocycles. The molecule has 1 aromatic rings. The molecular formula is C16H31N5S. The lowest BCUT2D eigenvalue weighted by atomic mass is 10.1. The van der Waals surface area contributed by atoms with E-state index in [1.807, 2.05) is 30.5 Å². The van der Waals surface area contributed by atoms with Gasteiger partial charge in [0.15, 0.2) is 5.96 Å². The Morgan fingerprint density at radius 1 is 1.50 bits per heavy atom. The molecule has 0 saturated heterocycles. The minimum atomic E-state index is 0.189. The zero-order valence-corrected chi connectivity index (χ0v) is 16.1. The van der Waals surface area contributed by atoms with Gasteiger partial charge in [0.1, 0.15) is 0 Å². The van der Waals surface area contributed by atoms with Crippen LogP contribution in [0, 0.1) is 0 Å². The molecule has 0 unspecified atom stereocenters. The molecule has 0 radical (unpaired) electrons. The monoisotopic (exact) mass is 325 g/mol. The molecule has 126 valence electrons. The first kappa shape index (κ1) is 18.9. The van der Waals surface area contributed by atoms with E-state index in [-0.39, 0.29) is 4.75 Å². The quantitative estimate of drug-likeness (QED) is 0.645. The molecule has 1 rings (SSSR count). The molecule has 0 aliphatic rings. The van der Waals surface area contributed by atoms with Crippen LogP contribution in [0.2, 0.25) is 0 Å². The van der Waals surface area contributed by atoms with E-state index in [0.29, 0.717) is 5.92 Å². The van der Waals surface area contributed by atoms with Gasteiger partial charge >= 0.3 is 0 Å². The summed E-state index contributed by atoms with van der Waals surface area (Å²) in [5.74, 6) is 1.34. The van der Waals surface area contributed by atoms with Crippen LogP contribution in [-0.4, -0.2) is 52.3 Å². The van der Waals surface area contributed by atoms with Crippen LogP contribution >= 0.6 is 11.8 Å². The number of nitrogens with zero attached hydrogens (tertiary/aromatic N) is 4. The highest BCUT2D eigenvalue weighted by molar-refractivity contribution is 7.99. The number of aryl methyl sites for hydroxylation is 1. The molecule has 0 aromatic carbocycles. The van der Waals surface area contributed by atoms with Crippen molar-refractivity contribution < 1.29 is 0 Å². The van der Waals surface area contributed by atoms with Gasteiger partial charge in [-0.2, -0.15) is 16.9 Å². The van der Waals surface area contributed by atoms with Crippen LogP contribution in [0.15, 0.2) is 11.2 Å². The number of guanidine groups is 1. The number of nitrogens with one attached hydrogen (secondary N) is 1. The van der Waals surface area contributed by atoms with E-state index in [0.717, 1.165) is 24.7 Å². The van der Waals surface area contributed by atoms with Crippen LogP contribution in [0.3, 0.4) is 0 Å². The van der Waals surface area contributed by atoms with Gasteiger partial charge in [0, 0.05) is 50.7 Å². The van der Waals surface area contributed by atoms with Crippen molar-refractivity contribution >= 4 is 17.7 Å². The van der Waals surface area contributed by atoms with E-state index in [1.54, 1.807) is 0 Å². The largest absolute Gasteiger partial charge is 0.355 e. The number of aliphatic imine (C=N–C) groups is 1. The highest BCUT2D eigenvalue weighted by atomic mass is 32.2. The Morgan fingerprint density at radius 3 is 2.64 bits per heavy atom. The van der Waals surface area contributed by atoms with Crippen molar-refractivity contribution in [1.29, 1.82) is 0 Å². The molecule has 0 spiro atoms. The second-order valence-corrected chi connectivity index (χ2v) is 8.10. The molecule has 22 heavy (non-hydrogen) atoms. The Bertz CT molecular complexity index is 505. The first-order valence-electron chi connectivity index (χ1n) is 7.69. The summed E-state index contributed by atoms with van der Waals surface area (Å²) in [7, 11) is 5.87. The highest BCUT2D eigenvalue weighted by Gasteiger charge is 2.19. The number of rotatable bonds is 6. The minimum Gasteiger partial charge on any atom is -0.355 e. The Morgan fingerprint density at radius 2 is 2.14 bits per heavy atom. The van der Waals surface area contributed by atoms with Gasteiger partial charge in [-0.15, -0.1) is 0 Å². The fourth-order valence-corrected chi connectivity index (χ4v) is 2.46. The molecular weight excluding hydrogens is 294 g/mol. The van der Waals surface area contributed by atoms with Crippen molar-refractivity contribution in [1.82, 2.24) is 20.0 Å². The van der Waals surface area contributed by atoms with E-state index in [2.05, 4.69) is 67.5 Å². The van der Waals surface area contributed by atoms with Crippen molar-refractivity contribution in [2.45, 2.75) is 44.9 Å². The van der Waals surface area contributed by atoms with Gasteiger partial charge in [-0.3, -0.25) is 9.67 Å². The van der Waals surface area contributed by atoms with Crippen molar-refractivity contribution in [2.24, 2.45) is 12.0 Å². The first-order chi connectivity index (χ1) is 10.2. The molecule has 0 atom stereocenters. The summed E-state index contributed by atoms with van der Waals surface area (Å²) >= 11 is 1.86. The van der Waals surface area contributed by atoms with Crippen LogP contribution in [0.25, 0.3) is 0 Å². The summed E-state index contributed by atoms with van der Waals surface area (Å²) in [5.41, 5.74) is 2.42. The fourth-order valence-electron chi connectivity index (χ4n) is 2.24. The Balaban J connectivity index is 2.76. The van der Waals surface area contributed by atoms with Gasteiger partial charge in [-0.05, 0) is 26.0 Å². The maximum Gasteiger partial charge on any atom is 0.193 e. The molecule has 0 fully saturated rings. The third-order valence-corrected chi connectivity index (χ3v) is 4.94. The first-order valence-corrected chi connectivity index (χ1v) is 8.92. The van der Waals surface area contributed by atoms with Crippen LogP contribution < -0.4 is 5.32 Å². The second-order valence-electron chi connectivity index (χ2n) is 6.59. The van der Waals surface area contributed by atoms with E-state index >= 15 is 0 Å². The molecule has 1 N–H and O–H groups in total. The van der Waals surface area contributed by atoms with Gasteiger partial charge < -0.3 is 10.2 Å². The maximum absolute atomic E-state index is 4.57. The zero-order valence-electron chi connectivity index (χ0n) is 15.3. The predicted octanol–water partition coefficient (Wildman–Crippen LogP) is 2.69. The molecule has 0 aliphatic carbocycles. The highest BCUT2D eigenvalue weighted by Crippen LogP contribution is 2.20. The van der Waals surface area contributed by atoms with Crippen LogP contribution in [0.4, 0.5) is 0 Å². The molecule has 5 nitrogen and oxygen atoms in total. The standard InChI is InChI=1S/C16H31N5S/c1-12(2)14-13(10-21(7)19-14)9-20(6)15(17-5)18-11-16(3,4)22-8/h10,12H,9,11H2,1-8H3,(H,17,18). The lowest BCUT2D eigenvalue weighted by Gasteiger charge is -2.27. The van der Waals surface area contributed by atoms with E-state index in [9.17, 15) is 0 Å². The normalized spacial score (nSPS) is 12.9. The van der Waals surface area contributed by atoms with Gasteiger partial charge in [-0.1, -0.05) is 13.8 Å². The Hall–Kier alpha value is -1.17. The summed E-state index contributed by atoms with van der Waals surface area (Å²) < 4.78 is 2.08. The number of thioether (sulfide) groups is 1. The third kappa shape index (κ3) is 5.23. The van der Waals surface area contributed by atoms with Gasteiger partial charge in [0.2, 0.25) is 0 Å². The molecule has 0 bridgehead atoms. The molecule has 1 heterocycles. The summed E-state index contributed by atoms with van der Waals surface area (Å²) in [6.07, 6.45) is 4.24. The van der Waals surface area contributed by atoms with Crippen molar-refractivity contribution in [2.75, 3.05) is 26.9 Å². The van der Waals surface area contributed by atoms with Crippen LogP contribution in [0.5, 0.6) is 0 Å². The summed E-state index contributed by atoms with van der Waals surface area (Å²) in [5, 5.41) is 8.04. The predicted molar refractivity (Wildman–Crippen MR) is 97.7 cm³/mol. The molecule has 0 saturated carbocycles. The van der Waals surface area contributed by atoms with Crippen molar-refractivity contribution in [3.8, 4) is 0 Å². The summed E-state index contributed by atoms with van der Waals surface area (Å²) in [6, 6.07) is 0. The second kappa shape index (κ2) is 7.90.